The first-order valence-electron chi connectivity index (χ1n) is 12.4. The highest BCUT2D eigenvalue weighted by Gasteiger charge is 2.22. The maximum absolute atomic E-state index is 5.63. The molecule has 0 atom stereocenters. The summed E-state index contributed by atoms with van der Waals surface area (Å²) in [6.45, 7) is 9.70. The van der Waals surface area contributed by atoms with Crippen LogP contribution in [0.2, 0.25) is 0 Å². The van der Waals surface area contributed by atoms with Gasteiger partial charge in [-0.3, -0.25) is 0 Å². The first kappa shape index (κ1) is 22.0. The number of rotatable bonds is 7. The lowest BCUT2D eigenvalue weighted by molar-refractivity contribution is 0.340. The molecule has 0 unspecified atom stereocenters. The molecule has 0 radical (unpaired) electrons. The van der Waals surface area contributed by atoms with Gasteiger partial charge in [-0.05, 0) is 76.6 Å². The van der Waals surface area contributed by atoms with Crippen molar-refractivity contribution in [2.45, 2.75) is 65.3 Å². The number of nitrogens with zero attached hydrogens (tertiary/aromatic N) is 5. The van der Waals surface area contributed by atoms with Crippen LogP contribution in [-0.4, -0.2) is 52.2 Å². The van der Waals surface area contributed by atoms with Crippen LogP contribution in [0.3, 0.4) is 0 Å². The fourth-order valence-electron chi connectivity index (χ4n) is 5.11. The van der Waals surface area contributed by atoms with Crippen LogP contribution < -0.4 is 15.0 Å². The molecule has 7 heteroatoms. The van der Waals surface area contributed by atoms with Crippen molar-refractivity contribution in [2.75, 3.05) is 31.1 Å². The van der Waals surface area contributed by atoms with Gasteiger partial charge < -0.3 is 15.0 Å². The lowest BCUT2D eigenvalue weighted by atomic mass is 10.1. The van der Waals surface area contributed by atoms with Crippen molar-refractivity contribution < 1.29 is 4.74 Å². The molecule has 3 heterocycles. The SMILES string of the molecule is CCOc1ccc2nc(N3CCC(NCCc4nc(C)c5c(n4)CCC5)CC3)nc(C)c2c1. The van der Waals surface area contributed by atoms with Gasteiger partial charge in [0.25, 0.3) is 0 Å². The van der Waals surface area contributed by atoms with Crippen LogP contribution in [-0.2, 0) is 19.3 Å². The van der Waals surface area contributed by atoms with Gasteiger partial charge in [-0.1, -0.05) is 0 Å². The van der Waals surface area contributed by atoms with E-state index in [1.165, 1.54) is 23.4 Å². The van der Waals surface area contributed by atoms with Gasteiger partial charge in [0.05, 0.1) is 17.8 Å². The van der Waals surface area contributed by atoms with E-state index in [1.54, 1.807) is 0 Å². The average molecular weight is 447 g/mol. The van der Waals surface area contributed by atoms with Crippen molar-refractivity contribution >= 4 is 16.9 Å². The van der Waals surface area contributed by atoms with Crippen LogP contribution in [0.5, 0.6) is 5.75 Å². The molecule has 0 bridgehead atoms. The second-order valence-electron chi connectivity index (χ2n) is 9.19. The molecule has 5 rings (SSSR count). The Morgan fingerprint density at radius 1 is 1.03 bits per heavy atom. The molecule has 1 aliphatic carbocycles. The van der Waals surface area contributed by atoms with Crippen LogP contribution in [0.15, 0.2) is 18.2 Å². The molecule has 174 valence electrons. The number of ether oxygens (including phenoxy) is 1. The molecule has 1 aromatic carbocycles. The van der Waals surface area contributed by atoms with E-state index in [0.29, 0.717) is 12.6 Å². The molecule has 33 heavy (non-hydrogen) atoms. The quantitative estimate of drug-likeness (QED) is 0.593. The van der Waals surface area contributed by atoms with Gasteiger partial charge in [-0.2, -0.15) is 0 Å². The van der Waals surface area contributed by atoms with E-state index >= 15 is 0 Å². The number of piperidine rings is 1. The highest BCUT2D eigenvalue weighted by atomic mass is 16.5. The Morgan fingerprint density at radius 2 is 1.88 bits per heavy atom. The zero-order valence-corrected chi connectivity index (χ0v) is 20.0. The monoisotopic (exact) mass is 446 g/mol. The van der Waals surface area contributed by atoms with Crippen LogP contribution >= 0.6 is 0 Å². The number of nitrogens with one attached hydrogen (secondary N) is 1. The third kappa shape index (κ3) is 4.78. The van der Waals surface area contributed by atoms with Gasteiger partial charge in [0.15, 0.2) is 0 Å². The first-order chi connectivity index (χ1) is 16.1. The van der Waals surface area contributed by atoms with Crippen LogP contribution in [0.4, 0.5) is 5.95 Å². The molecule has 0 spiro atoms. The largest absolute Gasteiger partial charge is 0.494 e. The minimum absolute atomic E-state index is 0.520. The number of hydrogen-bond acceptors (Lipinski definition) is 7. The van der Waals surface area contributed by atoms with E-state index in [9.17, 15) is 0 Å². The number of anilines is 1. The lowest BCUT2D eigenvalue weighted by Gasteiger charge is -2.32. The molecule has 0 amide bonds. The molecule has 2 aliphatic rings. The average Bonchev–Trinajstić information content (AvgIpc) is 3.29. The summed E-state index contributed by atoms with van der Waals surface area (Å²) in [5.74, 6) is 2.70. The highest BCUT2D eigenvalue weighted by Crippen LogP contribution is 2.26. The van der Waals surface area contributed by atoms with E-state index in [0.717, 1.165) is 85.9 Å². The van der Waals surface area contributed by atoms with Gasteiger partial charge >= 0.3 is 0 Å². The normalized spacial score (nSPS) is 16.4. The smallest absolute Gasteiger partial charge is 0.226 e. The molecule has 3 aromatic rings. The van der Waals surface area contributed by atoms with Gasteiger partial charge in [0.1, 0.15) is 11.6 Å². The van der Waals surface area contributed by atoms with Crippen molar-refractivity contribution in [3.05, 3.63) is 46.7 Å². The molecule has 1 saturated heterocycles. The third-order valence-corrected chi connectivity index (χ3v) is 6.90. The number of aryl methyl sites for hydroxylation is 3. The minimum atomic E-state index is 0.520. The minimum Gasteiger partial charge on any atom is -0.494 e. The zero-order valence-electron chi connectivity index (χ0n) is 20.0. The van der Waals surface area contributed by atoms with Crippen molar-refractivity contribution in [1.82, 2.24) is 25.3 Å². The fraction of sp³-hybridized carbons (Fsp3) is 0.538. The summed E-state index contributed by atoms with van der Waals surface area (Å²) in [4.78, 5) is 21.5. The predicted molar refractivity (Wildman–Crippen MR) is 131 cm³/mol. The summed E-state index contributed by atoms with van der Waals surface area (Å²) in [5.41, 5.74) is 5.83. The fourth-order valence-corrected chi connectivity index (χ4v) is 5.11. The van der Waals surface area contributed by atoms with E-state index in [4.69, 9.17) is 24.7 Å². The Labute approximate surface area is 196 Å². The van der Waals surface area contributed by atoms with Crippen molar-refractivity contribution in [3.8, 4) is 5.75 Å². The van der Waals surface area contributed by atoms with Crippen LogP contribution in [0.1, 0.15) is 54.7 Å². The van der Waals surface area contributed by atoms with Crippen molar-refractivity contribution in [2.24, 2.45) is 0 Å². The maximum Gasteiger partial charge on any atom is 0.226 e. The Bertz CT molecular complexity index is 1140. The van der Waals surface area contributed by atoms with Gasteiger partial charge in [-0.15, -0.1) is 0 Å². The summed E-state index contributed by atoms with van der Waals surface area (Å²) in [7, 11) is 0. The van der Waals surface area contributed by atoms with E-state index in [-0.39, 0.29) is 0 Å². The standard InChI is InChI=1S/C26H34N6O/c1-4-33-20-8-9-24-22(16-20)18(3)29-26(31-24)32-14-11-19(12-15-32)27-13-10-25-28-17(2)21-6-5-7-23(21)30-25/h8-9,16,19,27H,4-7,10-15H2,1-3H3. The molecule has 1 N–H and O–H groups in total. The third-order valence-electron chi connectivity index (χ3n) is 6.90. The molecule has 1 fully saturated rings. The maximum atomic E-state index is 5.63. The van der Waals surface area contributed by atoms with Crippen LogP contribution in [0, 0.1) is 13.8 Å². The van der Waals surface area contributed by atoms with Crippen LogP contribution in [0.25, 0.3) is 10.9 Å². The van der Waals surface area contributed by atoms with Crippen molar-refractivity contribution in [3.63, 3.8) is 0 Å². The number of fused-ring (bicyclic) bond motifs is 2. The molecular weight excluding hydrogens is 412 g/mol. The summed E-state index contributed by atoms with van der Waals surface area (Å²) in [6.07, 6.45) is 6.56. The lowest BCUT2D eigenvalue weighted by Crippen LogP contribution is -2.43. The zero-order chi connectivity index (χ0) is 22.8. The van der Waals surface area contributed by atoms with Crippen molar-refractivity contribution in [1.29, 1.82) is 0 Å². The molecular formula is C26H34N6O. The molecule has 2 aromatic heterocycles. The Kier molecular flexibility index (Phi) is 6.40. The molecule has 0 saturated carbocycles. The number of hydrogen-bond donors (Lipinski definition) is 1. The summed E-state index contributed by atoms with van der Waals surface area (Å²) in [5, 5.41) is 4.79. The number of benzene rings is 1. The van der Waals surface area contributed by atoms with Gasteiger partial charge in [0, 0.05) is 48.9 Å². The van der Waals surface area contributed by atoms with Gasteiger partial charge in [0.2, 0.25) is 5.95 Å². The molecule has 7 nitrogen and oxygen atoms in total. The Morgan fingerprint density at radius 3 is 2.70 bits per heavy atom. The summed E-state index contributed by atoms with van der Waals surface area (Å²) >= 11 is 0. The predicted octanol–water partition coefficient (Wildman–Crippen LogP) is 3.73. The van der Waals surface area contributed by atoms with Gasteiger partial charge in [-0.25, -0.2) is 19.9 Å². The number of aromatic nitrogens is 4. The molecule has 1 aliphatic heterocycles. The van der Waals surface area contributed by atoms with E-state index < -0.39 is 0 Å². The summed E-state index contributed by atoms with van der Waals surface area (Å²) < 4.78 is 5.63. The van der Waals surface area contributed by atoms with E-state index in [2.05, 4.69) is 24.1 Å². The first-order valence-corrected chi connectivity index (χ1v) is 12.4. The Balaban J connectivity index is 1.15. The second kappa shape index (κ2) is 9.59. The van der Waals surface area contributed by atoms with E-state index in [1.807, 2.05) is 25.1 Å². The second-order valence-corrected chi connectivity index (χ2v) is 9.19. The summed E-state index contributed by atoms with van der Waals surface area (Å²) in [6, 6.07) is 6.59. The Hall–Kier alpha value is -2.80. The topological polar surface area (TPSA) is 76.1 Å². The highest BCUT2D eigenvalue weighted by molar-refractivity contribution is 5.83.